The van der Waals surface area contributed by atoms with E-state index in [0.717, 1.165) is 31.8 Å². The standard InChI is InChI=1S/C11H18N4/c1-2-7-15-8-11(14-12)13-9-5-3-4-6-10(9)15/h2H,1,3-8,12H2,(H,13,14). The number of hydrogen-bond donors (Lipinski definition) is 2. The van der Waals surface area contributed by atoms with Crippen LogP contribution >= 0.6 is 0 Å². The second-order valence-electron chi connectivity index (χ2n) is 3.97. The lowest BCUT2D eigenvalue weighted by molar-refractivity contribution is 0.377. The molecule has 1 aliphatic heterocycles. The number of nitrogens with one attached hydrogen (secondary N) is 1. The number of hydrogen-bond acceptors (Lipinski definition) is 4. The molecule has 0 atom stereocenters. The fraction of sp³-hybridized carbons (Fsp3) is 0.545. The van der Waals surface area contributed by atoms with Crippen molar-refractivity contribution < 1.29 is 0 Å². The van der Waals surface area contributed by atoms with Gasteiger partial charge in [-0.15, -0.1) is 6.58 Å². The molecule has 0 aromatic carbocycles. The summed E-state index contributed by atoms with van der Waals surface area (Å²) in [5.74, 6) is 6.29. The Morgan fingerprint density at radius 3 is 3.00 bits per heavy atom. The van der Waals surface area contributed by atoms with Gasteiger partial charge in [-0.1, -0.05) is 6.08 Å². The van der Waals surface area contributed by atoms with Crippen molar-refractivity contribution in [1.29, 1.82) is 0 Å². The molecular formula is C11H18N4. The smallest absolute Gasteiger partial charge is 0.135 e. The molecule has 0 saturated heterocycles. The van der Waals surface area contributed by atoms with Crippen LogP contribution in [0, 0.1) is 0 Å². The zero-order valence-electron chi connectivity index (χ0n) is 9.00. The number of allylic oxidation sites excluding steroid dienone is 2. The number of aliphatic imine (C=N–C) groups is 1. The molecule has 0 saturated carbocycles. The Labute approximate surface area is 90.5 Å². The van der Waals surface area contributed by atoms with E-state index in [9.17, 15) is 0 Å². The second kappa shape index (κ2) is 4.49. The molecular weight excluding hydrogens is 188 g/mol. The first-order valence-corrected chi connectivity index (χ1v) is 5.47. The molecule has 2 aliphatic rings. The number of rotatable bonds is 2. The van der Waals surface area contributed by atoms with Crippen LogP contribution in [-0.4, -0.2) is 23.8 Å². The van der Waals surface area contributed by atoms with Gasteiger partial charge >= 0.3 is 0 Å². The summed E-state index contributed by atoms with van der Waals surface area (Å²) in [6.07, 6.45) is 6.66. The fourth-order valence-electron chi connectivity index (χ4n) is 2.22. The quantitative estimate of drug-likeness (QED) is 0.404. The molecule has 2 rings (SSSR count). The summed E-state index contributed by atoms with van der Waals surface area (Å²) in [6.45, 7) is 5.44. The van der Waals surface area contributed by atoms with E-state index in [-0.39, 0.29) is 0 Å². The van der Waals surface area contributed by atoms with Crippen LogP contribution in [0.25, 0.3) is 0 Å². The number of amidine groups is 1. The van der Waals surface area contributed by atoms with E-state index in [0.29, 0.717) is 0 Å². The van der Waals surface area contributed by atoms with Crippen molar-refractivity contribution >= 4 is 5.84 Å². The average Bonchev–Trinajstić information content (AvgIpc) is 2.29. The van der Waals surface area contributed by atoms with Gasteiger partial charge in [0.15, 0.2) is 0 Å². The molecule has 0 bridgehead atoms. The van der Waals surface area contributed by atoms with Crippen molar-refractivity contribution in [3.8, 4) is 0 Å². The molecule has 0 amide bonds. The zero-order chi connectivity index (χ0) is 10.7. The first-order chi connectivity index (χ1) is 7.35. The summed E-state index contributed by atoms with van der Waals surface area (Å²) in [5.41, 5.74) is 5.26. The highest BCUT2D eigenvalue weighted by Crippen LogP contribution is 2.30. The monoisotopic (exact) mass is 206 g/mol. The number of nitrogens with zero attached hydrogens (tertiary/aromatic N) is 2. The van der Waals surface area contributed by atoms with Crippen LogP contribution in [0.2, 0.25) is 0 Å². The molecule has 15 heavy (non-hydrogen) atoms. The lowest BCUT2D eigenvalue weighted by Crippen LogP contribution is -2.43. The number of hydrazine groups is 1. The SMILES string of the molecule is C=CCN1CC(NN)=NC2=C1CCCC2. The zero-order valence-corrected chi connectivity index (χ0v) is 9.00. The number of nitrogens with two attached hydrogens (primary N) is 1. The molecule has 0 unspecified atom stereocenters. The Kier molecular flexibility index (Phi) is 3.06. The molecule has 3 N–H and O–H groups in total. The van der Waals surface area contributed by atoms with Crippen molar-refractivity contribution in [1.82, 2.24) is 10.3 Å². The lowest BCUT2D eigenvalue weighted by Gasteiger charge is -2.34. The minimum absolute atomic E-state index is 0.779. The average molecular weight is 206 g/mol. The Bertz CT molecular complexity index is 317. The van der Waals surface area contributed by atoms with E-state index >= 15 is 0 Å². The summed E-state index contributed by atoms with van der Waals surface area (Å²) in [7, 11) is 0. The molecule has 0 aromatic rings. The van der Waals surface area contributed by atoms with E-state index in [4.69, 9.17) is 5.84 Å². The van der Waals surface area contributed by atoms with Crippen molar-refractivity contribution in [3.05, 3.63) is 24.0 Å². The van der Waals surface area contributed by atoms with Gasteiger partial charge in [0.1, 0.15) is 5.84 Å². The lowest BCUT2D eigenvalue weighted by atomic mass is 9.99. The van der Waals surface area contributed by atoms with Crippen LogP contribution in [0.3, 0.4) is 0 Å². The van der Waals surface area contributed by atoms with Crippen molar-refractivity contribution in [3.63, 3.8) is 0 Å². The minimum Gasteiger partial charge on any atom is -0.362 e. The van der Waals surface area contributed by atoms with Crippen LogP contribution in [0.15, 0.2) is 29.0 Å². The summed E-state index contributed by atoms with van der Waals surface area (Å²) >= 11 is 0. The van der Waals surface area contributed by atoms with Gasteiger partial charge in [0.2, 0.25) is 0 Å². The highest BCUT2D eigenvalue weighted by molar-refractivity contribution is 5.85. The normalized spacial score (nSPS) is 20.9. The molecule has 0 radical (unpaired) electrons. The van der Waals surface area contributed by atoms with Crippen LogP contribution in [0.1, 0.15) is 25.7 Å². The maximum absolute atomic E-state index is 5.43. The topological polar surface area (TPSA) is 53.6 Å². The highest BCUT2D eigenvalue weighted by atomic mass is 15.3. The highest BCUT2D eigenvalue weighted by Gasteiger charge is 2.23. The van der Waals surface area contributed by atoms with E-state index < -0.39 is 0 Å². The molecule has 4 heteroatoms. The Morgan fingerprint density at radius 2 is 2.27 bits per heavy atom. The summed E-state index contributed by atoms with van der Waals surface area (Å²) in [5, 5.41) is 0. The van der Waals surface area contributed by atoms with Gasteiger partial charge in [-0.05, 0) is 25.7 Å². The van der Waals surface area contributed by atoms with E-state index in [1.54, 1.807) is 0 Å². The molecule has 1 aliphatic carbocycles. The molecule has 0 spiro atoms. The summed E-state index contributed by atoms with van der Waals surface area (Å²) in [6, 6.07) is 0. The van der Waals surface area contributed by atoms with Crippen molar-refractivity contribution in [2.45, 2.75) is 25.7 Å². The Hall–Kier alpha value is -1.29. The van der Waals surface area contributed by atoms with Crippen LogP contribution in [0.4, 0.5) is 0 Å². The first-order valence-electron chi connectivity index (χ1n) is 5.47. The predicted octanol–water partition coefficient (Wildman–Crippen LogP) is 1.14. The third-order valence-corrected chi connectivity index (χ3v) is 2.92. The fourth-order valence-corrected chi connectivity index (χ4v) is 2.22. The third-order valence-electron chi connectivity index (χ3n) is 2.92. The maximum atomic E-state index is 5.43. The Morgan fingerprint density at radius 1 is 1.47 bits per heavy atom. The second-order valence-corrected chi connectivity index (χ2v) is 3.97. The largest absolute Gasteiger partial charge is 0.362 e. The van der Waals surface area contributed by atoms with Gasteiger partial charge in [0.25, 0.3) is 0 Å². The summed E-state index contributed by atoms with van der Waals surface area (Å²) < 4.78 is 0. The van der Waals surface area contributed by atoms with Crippen molar-refractivity contribution in [2.24, 2.45) is 10.8 Å². The molecule has 1 heterocycles. The first kappa shape index (κ1) is 10.2. The predicted molar refractivity (Wildman–Crippen MR) is 62.0 cm³/mol. The van der Waals surface area contributed by atoms with E-state index in [1.165, 1.54) is 24.2 Å². The van der Waals surface area contributed by atoms with E-state index in [2.05, 4.69) is 21.9 Å². The minimum atomic E-state index is 0.779. The molecule has 0 aromatic heterocycles. The summed E-state index contributed by atoms with van der Waals surface area (Å²) in [4.78, 5) is 6.85. The van der Waals surface area contributed by atoms with Gasteiger partial charge < -0.3 is 10.3 Å². The van der Waals surface area contributed by atoms with Crippen LogP contribution in [-0.2, 0) is 0 Å². The van der Waals surface area contributed by atoms with Gasteiger partial charge in [-0.25, -0.2) is 10.8 Å². The van der Waals surface area contributed by atoms with Gasteiger partial charge in [-0.3, -0.25) is 0 Å². The molecule has 4 nitrogen and oxygen atoms in total. The van der Waals surface area contributed by atoms with Crippen molar-refractivity contribution in [2.75, 3.05) is 13.1 Å². The van der Waals surface area contributed by atoms with Gasteiger partial charge in [-0.2, -0.15) is 0 Å². The van der Waals surface area contributed by atoms with Crippen LogP contribution in [0.5, 0.6) is 0 Å². The van der Waals surface area contributed by atoms with Crippen LogP contribution < -0.4 is 11.3 Å². The molecule has 82 valence electrons. The Balaban J connectivity index is 2.25. The molecule has 0 fully saturated rings. The van der Waals surface area contributed by atoms with Gasteiger partial charge in [0, 0.05) is 12.2 Å². The third kappa shape index (κ3) is 2.04. The maximum Gasteiger partial charge on any atom is 0.135 e. The van der Waals surface area contributed by atoms with Gasteiger partial charge in [0.05, 0.1) is 12.2 Å². The van der Waals surface area contributed by atoms with E-state index in [1.807, 2.05) is 6.08 Å².